The van der Waals surface area contributed by atoms with Crippen molar-refractivity contribution >= 4 is 15.9 Å². The van der Waals surface area contributed by atoms with E-state index in [9.17, 15) is 4.39 Å². The van der Waals surface area contributed by atoms with Crippen LogP contribution in [-0.4, -0.2) is 0 Å². The topological polar surface area (TPSA) is 26.0 Å². The highest BCUT2D eigenvalue weighted by Gasteiger charge is 2.14. The van der Waals surface area contributed by atoms with Crippen LogP contribution in [0, 0.1) is 19.7 Å². The number of halogens is 2. The number of rotatable bonds is 3. The van der Waals surface area contributed by atoms with Crippen molar-refractivity contribution < 1.29 is 4.39 Å². The van der Waals surface area contributed by atoms with E-state index in [0.29, 0.717) is 6.42 Å². The first-order valence-electron chi connectivity index (χ1n) is 6.24. The van der Waals surface area contributed by atoms with Gasteiger partial charge in [0.25, 0.3) is 0 Å². The van der Waals surface area contributed by atoms with Gasteiger partial charge in [-0.3, -0.25) is 0 Å². The van der Waals surface area contributed by atoms with E-state index in [1.54, 1.807) is 6.07 Å². The van der Waals surface area contributed by atoms with E-state index in [1.807, 2.05) is 6.07 Å². The van der Waals surface area contributed by atoms with Crippen molar-refractivity contribution in [1.29, 1.82) is 0 Å². The van der Waals surface area contributed by atoms with Crippen LogP contribution in [-0.2, 0) is 6.42 Å². The van der Waals surface area contributed by atoms with Gasteiger partial charge in [-0.15, -0.1) is 0 Å². The maximum atomic E-state index is 13.1. The highest BCUT2D eigenvalue weighted by atomic mass is 79.9. The van der Waals surface area contributed by atoms with Gasteiger partial charge in [0.15, 0.2) is 0 Å². The maximum absolute atomic E-state index is 13.1. The molecule has 2 N–H and O–H groups in total. The monoisotopic (exact) mass is 321 g/mol. The Balaban J connectivity index is 2.28. The van der Waals surface area contributed by atoms with Gasteiger partial charge in [-0.05, 0) is 54.7 Å². The van der Waals surface area contributed by atoms with E-state index in [-0.39, 0.29) is 11.9 Å². The minimum atomic E-state index is -0.240. The molecule has 0 saturated carbocycles. The van der Waals surface area contributed by atoms with Crippen molar-refractivity contribution in [2.24, 2.45) is 5.73 Å². The van der Waals surface area contributed by atoms with Crippen LogP contribution >= 0.6 is 15.9 Å². The molecule has 0 aliphatic heterocycles. The van der Waals surface area contributed by atoms with Crippen LogP contribution in [0.25, 0.3) is 0 Å². The van der Waals surface area contributed by atoms with Gasteiger partial charge in [-0.1, -0.05) is 40.2 Å². The summed E-state index contributed by atoms with van der Waals surface area (Å²) in [6, 6.07) is 10.8. The van der Waals surface area contributed by atoms with E-state index < -0.39 is 0 Å². The average Bonchev–Trinajstić information content (AvgIpc) is 2.32. The molecular formula is C16H17BrFN. The second kappa shape index (κ2) is 5.85. The summed E-state index contributed by atoms with van der Waals surface area (Å²) in [4.78, 5) is 0. The Morgan fingerprint density at radius 3 is 2.37 bits per heavy atom. The third-order valence-electron chi connectivity index (χ3n) is 3.37. The molecule has 0 spiro atoms. The zero-order valence-corrected chi connectivity index (χ0v) is 12.7. The molecule has 100 valence electrons. The molecule has 0 aliphatic carbocycles. The smallest absolute Gasteiger partial charge is 0.124 e. The van der Waals surface area contributed by atoms with Gasteiger partial charge in [0, 0.05) is 10.5 Å². The first-order valence-corrected chi connectivity index (χ1v) is 7.04. The summed E-state index contributed by atoms with van der Waals surface area (Å²) < 4.78 is 13.8. The molecule has 0 heterocycles. The van der Waals surface area contributed by atoms with E-state index >= 15 is 0 Å². The van der Waals surface area contributed by atoms with Gasteiger partial charge >= 0.3 is 0 Å². The maximum Gasteiger partial charge on any atom is 0.124 e. The zero-order valence-electron chi connectivity index (χ0n) is 11.1. The Labute approximate surface area is 121 Å². The number of aryl methyl sites for hydroxylation is 2. The number of nitrogens with two attached hydrogens (primary N) is 1. The van der Waals surface area contributed by atoms with E-state index in [4.69, 9.17) is 5.73 Å². The van der Waals surface area contributed by atoms with Crippen LogP contribution < -0.4 is 5.73 Å². The molecule has 19 heavy (non-hydrogen) atoms. The normalized spacial score (nSPS) is 12.5. The van der Waals surface area contributed by atoms with Crippen molar-refractivity contribution in [3.05, 3.63) is 68.9 Å². The Kier molecular flexibility index (Phi) is 4.38. The molecule has 2 aromatic rings. The molecule has 1 atom stereocenters. The summed E-state index contributed by atoms with van der Waals surface area (Å²) in [5.41, 5.74) is 10.9. The summed E-state index contributed by atoms with van der Waals surface area (Å²) in [7, 11) is 0. The van der Waals surface area contributed by atoms with Crippen molar-refractivity contribution in [1.82, 2.24) is 0 Å². The molecule has 0 radical (unpaired) electrons. The first kappa shape index (κ1) is 14.2. The largest absolute Gasteiger partial charge is 0.324 e. The minimum Gasteiger partial charge on any atom is -0.324 e. The molecule has 2 aromatic carbocycles. The average molecular weight is 322 g/mol. The second-order valence-corrected chi connectivity index (χ2v) is 5.71. The standard InChI is InChI=1S/C16H17BrFN/c1-10-4-3-5-11(2)16(10)15(19)8-12-6-7-13(18)9-14(12)17/h3-7,9,15H,8,19H2,1-2H3. The minimum absolute atomic E-state index is 0.0806. The van der Waals surface area contributed by atoms with Crippen LogP contribution in [0.5, 0.6) is 0 Å². The van der Waals surface area contributed by atoms with Gasteiger partial charge < -0.3 is 5.73 Å². The Morgan fingerprint density at radius 1 is 1.16 bits per heavy atom. The number of hydrogen-bond acceptors (Lipinski definition) is 1. The van der Waals surface area contributed by atoms with Gasteiger partial charge in [-0.2, -0.15) is 0 Å². The Bertz CT molecular complexity index is 575. The lowest BCUT2D eigenvalue weighted by atomic mass is 9.92. The van der Waals surface area contributed by atoms with Crippen molar-refractivity contribution in [2.45, 2.75) is 26.3 Å². The molecule has 0 bridgehead atoms. The highest BCUT2D eigenvalue weighted by Crippen LogP contribution is 2.26. The number of hydrogen-bond donors (Lipinski definition) is 1. The van der Waals surface area contributed by atoms with Crippen LogP contribution in [0.1, 0.15) is 28.3 Å². The molecule has 2 rings (SSSR count). The van der Waals surface area contributed by atoms with Gasteiger partial charge in [0.05, 0.1) is 0 Å². The van der Waals surface area contributed by atoms with Crippen molar-refractivity contribution in [3.8, 4) is 0 Å². The molecule has 0 amide bonds. The van der Waals surface area contributed by atoms with E-state index in [2.05, 4.69) is 41.9 Å². The number of benzene rings is 2. The molecule has 1 unspecified atom stereocenters. The third-order valence-corrected chi connectivity index (χ3v) is 4.11. The van der Waals surface area contributed by atoms with Gasteiger partial charge in [0.1, 0.15) is 5.82 Å². The third kappa shape index (κ3) is 3.23. The molecule has 3 heteroatoms. The SMILES string of the molecule is Cc1cccc(C)c1C(N)Cc1ccc(F)cc1Br. The Morgan fingerprint density at radius 2 is 1.79 bits per heavy atom. The van der Waals surface area contributed by atoms with Crippen LogP contribution in [0.4, 0.5) is 4.39 Å². The van der Waals surface area contributed by atoms with Crippen LogP contribution in [0.15, 0.2) is 40.9 Å². The molecule has 0 fully saturated rings. The summed E-state index contributed by atoms with van der Waals surface area (Å²) in [6.45, 7) is 4.14. The first-order chi connectivity index (χ1) is 8.99. The lowest BCUT2D eigenvalue weighted by Crippen LogP contribution is -2.16. The van der Waals surface area contributed by atoms with Gasteiger partial charge in [-0.25, -0.2) is 4.39 Å². The molecule has 0 saturated heterocycles. The lowest BCUT2D eigenvalue weighted by Gasteiger charge is -2.18. The van der Waals surface area contributed by atoms with E-state index in [1.165, 1.54) is 28.8 Å². The molecule has 0 aliphatic rings. The fraction of sp³-hybridized carbons (Fsp3) is 0.250. The predicted molar refractivity (Wildman–Crippen MR) is 80.6 cm³/mol. The highest BCUT2D eigenvalue weighted by molar-refractivity contribution is 9.10. The quantitative estimate of drug-likeness (QED) is 0.888. The summed E-state index contributed by atoms with van der Waals surface area (Å²) in [6.07, 6.45) is 0.687. The zero-order chi connectivity index (χ0) is 14.0. The molecule has 1 nitrogen and oxygen atoms in total. The lowest BCUT2D eigenvalue weighted by molar-refractivity contribution is 0.624. The fourth-order valence-electron chi connectivity index (χ4n) is 2.44. The fourth-order valence-corrected chi connectivity index (χ4v) is 2.95. The van der Waals surface area contributed by atoms with Gasteiger partial charge in [0.2, 0.25) is 0 Å². The summed E-state index contributed by atoms with van der Waals surface area (Å²) in [5.74, 6) is -0.240. The summed E-state index contributed by atoms with van der Waals surface area (Å²) >= 11 is 3.39. The second-order valence-electron chi connectivity index (χ2n) is 4.85. The van der Waals surface area contributed by atoms with Crippen LogP contribution in [0.3, 0.4) is 0 Å². The van der Waals surface area contributed by atoms with Crippen LogP contribution in [0.2, 0.25) is 0 Å². The van der Waals surface area contributed by atoms with E-state index in [0.717, 1.165) is 10.0 Å². The van der Waals surface area contributed by atoms with Crippen molar-refractivity contribution in [2.75, 3.05) is 0 Å². The Hall–Kier alpha value is -1.19. The summed E-state index contributed by atoms with van der Waals surface area (Å²) in [5, 5.41) is 0. The molecular weight excluding hydrogens is 305 g/mol. The molecule has 0 aromatic heterocycles. The predicted octanol–water partition coefficient (Wildman–Crippen LogP) is 4.45. The van der Waals surface area contributed by atoms with Crippen molar-refractivity contribution in [3.63, 3.8) is 0 Å².